The summed E-state index contributed by atoms with van der Waals surface area (Å²) in [7, 11) is -3.89. The quantitative estimate of drug-likeness (QED) is 0.743. The molecule has 1 N–H and O–H groups in total. The Kier molecular flexibility index (Phi) is 6.03. The molecular formula is C13H12NNaO3S. The molecule has 6 heteroatoms. The van der Waals surface area contributed by atoms with Gasteiger partial charge in [-0.3, -0.25) is 0 Å². The first-order valence-corrected chi connectivity index (χ1v) is 6.80. The Bertz CT molecular complexity index is 612. The molecule has 0 aliphatic heterocycles. The topological polar surface area (TPSA) is 67.2 Å². The molecule has 0 heterocycles. The summed E-state index contributed by atoms with van der Waals surface area (Å²) in [4.78, 5) is -0.0328. The van der Waals surface area contributed by atoms with E-state index in [0.717, 1.165) is 5.56 Å². The SMILES string of the molecule is [NH-]S(=O)(=O)c1ccc(OCc2ccccc2)cc1.[Na+]. The number of nitrogens with one attached hydrogen (secondary N) is 1. The molecule has 0 unspecified atom stereocenters. The van der Waals surface area contributed by atoms with E-state index < -0.39 is 10.0 Å². The molecular weight excluding hydrogens is 273 g/mol. The Morgan fingerprint density at radius 3 is 2.05 bits per heavy atom. The second-order valence-electron chi connectivity index (χ2n) is 3.75. The van der Waals surface area contributed by atoms with Crippen LogP contribution in [0.15, 0.2) is 59.5 Å². The zero-order valence-electron chi connectivity index (χ0n) is 10.5. The fraction of sp³-hybridized carbons (Fsp3) is 0.0769. The van der Waals surface area contributed by atoms with E-state index in [1.807, 2.05) is 30.3 Å². The van der Waals surface area contributed by atoms with Gasteiger partial charge in [0.15, 0.2) is 0 Å². The number of sulfonamides is 1. The third-order valence-corrected chi connectivity index (χ3v) is 3.28. The fourth-order valence-electron chi connectivity index (χ4n) is 1.46. The average molecular weight is 285 g/mol. The van der Waals surface area contributed by atoms with E-state index in [2.05, 4.69) is 0 Å². The van der Waals surface area contributed by atoms with E-state index in [4.69, 9.17) is 9.88 Å². The van der Waals surface area contributed by atoms with Crippen LogP contribution in [0.2, 0.25) is 0 Å². The standard InChI is InChI=1S/C13H12NO3S.Na/c14-18(15,16)13-8-6-12(7-9-13)17-10-11-4-2-1-3-5-11;/h1-9H,10H2,(H-,14,15,16);/q-1;+1. The largest absolute Gasteiger partial charge is 1.00 e. The molecule has 0 aliphatic rings. The molecule has 0 bridgehead atoms. The van der Waals surface area contributed by atoms with Gasteiger partial charge < -0.3 is 9.88 Å². The van der Waals surface area contributed by atoms with Gasteiger partial charge in [0.1, 0.15) is 12.4 Å². The molecule has 0 saturated carbocycles. The summed E-state index contributed by atoms with van der Waals surface area (Å²) in [5, 5.41) is 6.91. The Morgan fingerprint density at radius 1 is 0.947 bits per heavy atom. The maximum Gasteiger partial charge on any atom is 1.00 e. The van der Waals surface area contributed by atoms with Crippen LogP contribution in [0.5, 0.6) is 5.75 Å². The smallest absolute Gasteiger partial charge is 0.560 e. The summed E-state index contributed by atoms with van der Waals surface area (Å²) in [6, 6.07) is 15.5. The van der Waals surface area contributed by atoms with Gasteiger partial charge in [0.25, 0.3) is 0 Å². The van der Waals surface area contributed by atoms with E-state index in [1.54, 1.807) is 12.1 Å². The average Bonchev–Trinajstić information content (AvgIpc) is 2.37. The zero-order chi connectivity index (χ0) is 13.0. The van der Waals surface area contributed by atoms with Gasteiger partial charge in [0, 0.05) is 4.90 Å². The molecule has 94 valence electrons. The van der Waals surface area contributed by atoms with Crippen LogP contribution in [0.1, 0.15) is 5.56 Å². The van der Waals surface area contributed by atoms with Crippen LogP contribution in [-0.2, 0) is 16.6 Å². The van der Waals surface area contributed by atoms with Crippen LogP contribution >= 0.6 is 0 Å². The monoisotopic (exact) mass is 285 g/mol. The van der Waals surface area contributed by atoms with Crippen LogP contribution in [0.3, 0.4) is 0 Å². The first-order chi connectivity index (χ1) is 8.55. The number of rotatable bonds is 4. The Morgan fingerprint density at radius 2 is 1.53 bits per heavy atom. The van der Waals surface area contributed by atoms with Gasteiger partial charge >= 0.3 is 29.6 Å². The van der Waals surface area contributed by atoms with Crippen LogP contribution in [0, 0.1) is 0 Å². The summed E-state index contributed by atoms with van der Waals surface area (Å²) >= 11 is 0. The molecule has 0 saturated heterocycles. The Hall–Kier alpha value is -0.850. The first kappa shape index (κ1) is 16.2. The van der Waals surface area contributed by atoms with E-state index in [-0.39, 0.29) is 34.5 Å². The summed E-state index contributed by atoms with van der Waals surface area (Å²) < 4.78 is 27.4. The number of hydrogen-bond acceptors (Lipinski definition) is 3. The first-order valence-electron chi connectivity index (χ1n) is 5.32. The summed E-state index contributed by atoms with van der Waals surface area (Å²) in [6.07, 6.45) is 0. The van der Waals surface area contributed by atoms with Gasteiger partial charge in [0.2, 0.25) is 0 Å². The Balaban J connectivity index is 0.00000180. The van der Waals surface area contributed by atoms with E-state index in [0.29, 0.717) is 12.4 Å². The molecule has 0 spiro atoms. The van der Waals surface area contributed by atoms with Crippen molar-refractivity contribution >= 4 is 10.0 Å². The maximum atomic E-state index is 10.9. The zero-order valence-corrected chi connectivity index (χ0v) is 13.4. The molecule has 4 nitrogen and oxygen atoms in total. The third-order valence-electron chi connectivity index (χ3n) is 2.38. The van der Waals surface area contributed by atoms with Gasteiger partial charge in [-0.15, -0.1) is 0 Å². The molecule has 0 amide bonds. The van der Waals surface area contributed by atoms with Gasteiger partial charge in [-0.1, -0.05) is 30.3 Å². The van der Waals surface area contributed by atoms with Gasteiger partial charge in [-0.2, -0.15) is 0 Å². The molecule has 2 aromatic carbocycles. The summed E-state index contributed by atoms with van der Waals surface area (Å²) in [6.45, 7) is 0.424. The number of ether oxygens (including phenoxy) is 1. The van der Waals surface area contributed by atoms with Crippen LogP contribution < -0.4 is 34.3 Å². The van der Waals surface area contributed by atoms with Crippen molar-refractivity contribution in [3.63, 3.8) is 0 Å². The molecule has 0 aliphatic carbocycles. The van der Waals surface area contributed by atoms with Crippen LogP contribution in [0.4, 0.5) is 0 Å². The molecule has 0 radical (unpaired) electrons. The van der Waals surface area contributed by atoms with Crippen LogP contribution in [-0.4, -0.2) is 8.42 Å². The molecule has 0 fully saturated rings. The maximum absolute atomic E-state index is 10.9. The fourth-order valence-corrected chi connectivity index (χ4v) is 1.95. The molecule has 2 aromatic rings. The second-order valence-corrected chi connectivity index (χ2v) is 5.23. The van der Waals surface area contributed by atoms with Gasteiger partial charge in [0.05, 0.1) is 10.0 Å². The summed E-state index contributed by atoms with van der Waals surface area (Å²) in [5.41, 5.74) is 1.04. The minimum Gasteiger partial charge on any atom is -0.560 e. The van der Waals surface area contributed by atoms with E-state index in [1.165, 1.54) is 12.1 Å². The van der Waals surface area contributed by atoms with Crippen molar-refractivity contribution in [1.82, 2.24) is 0 Å². The predicted molar refractivity (Wildman–Crippen MR) is 68.7 cm³/mol. The van der Waals surface area contributed by atoms with Crippen molar-refractivity contribution in [3.05, 3.63) is 65.3 Å². The second kappa shape index (κ2) is 7.07. The van der Waals surface area contributed by atoms with Crippen molar-refractivity contribution in [2.24, 2.45) is 0 Å². The molecule has 0 atom stereocenters. The van der Waals surface area contributed by atoms with Crippen molar-refractivity contribution in [1.29, 1.82) is 0 Å². The van der Waals surface area contributed by atoms with Gasteiger partial charge in [-0.05, 0) is 29.8 Å². The van der Waals surface area contributed by atoms with Crippen molar-refractivity contribution < 1.29 is 42.7 Å². The Labute approximate surface area is 134 Å². The van der Waals surface area contributed by atoms with Crippen molar-refractivity contribution in [2.75, 3.05) is 0 Å². The van der Waals surface area contributed by atoms with Crippen LogP contribution in [0.25, 0.3) is 5.14 Å². The summed E-state index contributed by atoms with van der Waals surface area (Å²) in [5.74, 6) is 0.575. The minimum atomic E-state index is -3.89. The molecule has 0 aromatic heterocycles. The number of hydrogen-bond donors (Lipinski definition) is 0. The number of benzene rings is 2. The normalized spacial score (nSPS) is 10.6. The van der Waals surface area contributed by atoms with Crippen molar-refractivity contribution in [2.45, 2.75) is 11.5 Å². The van der Waals surface area contributed by atoms with Gasteiger partial charge in [-0.25, -0.2) is 8.42 Å². The molecule has 2 rings (SSSR count). The predicted octanol–water partition coefficient (Wildman–Crippen LogP) is 0.0105. The molecule has 19 heavy (non-hydrogen) atoms. The van der Waals surface area contributed by atoms with E-state index >= 15 is 0 Å². The minimum absolute atomic E-state index is 0. The van der Waals surface area contributed by atoms with Crippen molar-refractivity contribution in [3.8, 4) is 5.75 Å². The van der Waals surface area contributed by atoms with E-state index in [9.17, 15) is 8.42 Å². The third kappa shape index (κ3) is 4.97.